The van der Waals surface area contributed by atoms with Crippen molar-refractivity contribution in [1.29, 1.82) is 0 Å². The van der Waals surface area contributed by atoms with E-state index in [1.54, 1.807) is 19.0 Å². The first-order chi connectivity index (χ1) is 11.4. The first-order valence-corrected chi connectivity index (χ1v) is 7.96. The highest BCUT2D eigenvalue weighted by molar-refractivity contribution is 5.90. The summed E-state index contributed by atoms with van der Waals surface area (Å²) in [5.74, 6) is 1.02. The molecule has 0 radical (unpaired) electrons. The van der Waals surface area contributed by atoms with Crippen molar-refractivity contribution in [2.45, 2.75) is 20.3 Å². The Bertz CT molecular complexity index is 925. The molecule has 0 aliphatic carbocycles. The average molecular weight is 322 g/mol. The summed E-state index contributed by atoms with van der Waals surface area (Å²) in [6.07, 6.45) is 2.20. The van der Waals surface area contributed by atoms with E-state index in [9.17, 15) is 4.79 Å². The van der Waals surface area contributed by atoms with Crippen LogP contribution in [0.2, 0.25) is 0 Å². The van der Waals surface area contributed by atoms with Crippen LogP contribution in [0.1, 0.15) is 17.0 Å². The molecule has 1 aromatic carbocycles. The fourth-order valence-electron chi connectivity index (χ4n) is 2.81. The number of para-hydroxylation sites is 1. The lowest BCUT2D eigenvalue weighted by atomic mass is 10.0. The average Bonchev–Trinajstić information content (AvgIpc) is 2.87. The van der Waals surface area contributed by atoms with E-state index in [-0.39, 0.29) is 5.91 Å². The number of likely N-dealkylation sites (N-methyl/N-ethyl adjacent to an activating group) is 1. The van der Waals surface area contributed by atoms with E-state index in [4.69, 9.17) is 4.98 Å². The van der Waals surface area contributed by atoms with Gasteiger partial charge < -0.3 is 9.47 Å². The summed E-state index contributed by atoms with van der Waals surface area (Å²) >= 11 is 0. The molecular weight excluding hydrogens is 300 g/mol. The Balaban J connectivity index is 2.18. The van der Waals surface area contributed by atoms with E-state index in [2.05, 4.69) is 24.0 Å². The highest BCUT2D eigenvalue weighted by Crippen LogP contribution is 2.27. The van der Waals surface area contributed by atoms with Crippen molar-refractivity contribution in [3.63, 3.8) is 0 Å². The highest BCUT2D eigenvalue weighted by atomic mass is 16.2. The minimum absolute atomic E-state index is 0.0729. The van der Waals surface area contributed by atoms with E-state index in [0.717, 1.165) is 39.2 Å². The van der Waals surface area contributed by atoms with Crippen LogP contribution in [0.25, 0.3) is 22.3 Å². The van der Waals surface area contributed by atoms with Gasteiger partial charge in [-0.15, -0.1) is 0 Å². The molecule has 0 aliphatic heterocycles. The Morgan fingerprint density at radius 1 is 1.25 bits per heavy atom. The molecule has 24 heavy (non-hydrogen) atoms. The van der Waals surface area contributed by atoms with Gasteiger partial charge in [0.1, 0.15) is 5.82 Å². The number of nitrogens with zero attached hydrogens (tertiary/aromatic N) is 4. The van der Waals surface area contributed by atoms with Crippen molar-refractivity contribution in [2.75, 3.05) is 14.1 Å². The Morgan fingerprint density at radius 2 is 2.00 bits per heavy atom. The van der Waals surface area contributed by atoms with Crippen LogP contribution in [0.15, 0.2) is 30.5 Å². The number of hydrogen-bond donors (Lipinski definition) is 0. The van der Waals surface area contributed by atoms with Crippen molar-refractivity contribution in [1.82, 2.24) is 19.4 Å². The van der Waals surface area contributed by atoms with Crippen LogP contribution in [0.5, 0.6) is 0 Å². The molecule has 0 fully saturated rings. The summed E-state index contributed by atoms with van der Waals surface area (Å²) in [5.41, 5.74) is 4.85. The number of imidazole rings is 1. The van der Waals surface area contributed by atoms with Crippen LogP contribution < -0.4 is 0 Å². The fourth-order valence-corrected chi connectivity index (χ4v) is 2.81. The monoisotopic (exact) mass is 322 g/mol. The van der Waals surface area contributed by atoms with Gasteiger partial charge in [0, 0.05) is 26.5 Å². The van der Waals surface area contributed by atoms with Crippen molar-refractivity contribution < 1.29 is 4.79 Å². The second-order valence-electron chi connectivity index (χ2n) is 6.35. The van der Waals surface area contributed by atoms with Crippen LogP contribution in [0, 0.1) is 13.8 Å². The molecule has 0 saturated heterocycles. The standard InChI is InChI=1S/C19H22N4O/c1-12-9-16(17-11-20-13(2)23(17)5)21-19-14(7-6-8-15(12)19)10-18(24)22(3)4/h6-9,11H,10H2,1-5H3. The Hall–Kier alpha value is -2.69. The summed E-state index contributed by atoms with van der Waals surface area (Å²) in [5, 5.41) is 1.08. The van der Waals surface area contributed by atoms with Gasteiger partial charge in [-0.2, -0.15) is 0 Å². The van der Waals surface area contributed by atoms with E-state index in [0.29, 0.717) is 6.42 Å². The third kappa shape index (κ3) is 2.77. The Kier molecular flexibility index (Phi) is 4.09. The number of hydrogen-bond acceptors (Lipinski definition) is 3. The van der Waals surface area contributed by atoms with Gasteiger partial charge in [0.05, 0.1) is 29.5 Å². The summed E-state index contributed by atoms with van der Waals surface area (Å²) in [4.78, 5) is 23.0. The van der Waals surface area contributed by atoms with Crippen LogP contribution >= 0.6 is 0 Å². The van der Waals surface area contributed by atoms with Gasteiger partial charge >= 0.3 is 0 Å². The van der Waals surface area contributed by atoms with E-state index in [1.165, 1.54) is 0 Å². The quantitative estimate of drug-likeness (QED) is 0.745. The summed E-state index contributed by atoms with van der Waals surface area (Å²) < 4.78 is 2.03. The first-order valence-electron chi connectivity index (χ1n) is 7.96. The molecule has 0 bridgehead atoms. The lowest BCUT2D eigenvalue weighted by molar-refractivity contribution is -0.127. The zero-order valence-corrected chi connectivity index (χ0v) is 14.8. The number of pyridine rings is 1. The van der Waals surface area contributed by atoms with Gasteiger partial charge in [-0.3, -0.25) is 4.79 Å². The van der Waals surface area contributed by atoms with Gasteiger partial charge in [0.2, 0.25) is 5.91 Å². The molecule has 3 aromatic rings. The molecule has 0 aliphatic rings. The van der Waals surface area contributed by atoms with Crippen LogP contribution in [-0.2, 0) is 18.3 Å². The van der Waals surface area contributed by atoms with Crippen molar-refractivity contribution in [3.8, 4) is 11.4 Å². The molecule has 0 saturated carbocycles. The minimum Gasteiger partial charge on any atom is -0.349 e. The number of benzene rings is 1. The van der Waals surface area contributed by atoms with Crippen LogP contribution in [0.4, 0.5) is 0 Å². The number of fused-ring (bicyclic) bond motifs is 1. The highest BCUT2D eigenvalue weighted by Gasteiger charge is 2.14. The number of carbonyl (C=O) groups excluding carboxylic acids is 1. The number of aryl methyl sites for hydroxylation is 2. The normalized spacial score (nSPS) is 11.0. The molecule has 5 nitrogen and oxygen atoms in total. The third-order valence-corrected chi connectivity index (χ3v) is 4.45. The molecule has 0 atom stereocenters. The van der Waals surface area contributed by atoms with Crippen LogP contribution in [0.3, 0.4) is 0 Å². The second-order valence-corrected chi connectivity index (χ2v) is 6.35. The molecule has 2 aromatic heterocycles. The zero-order valence-electron chi connectivity index (χ0n) is 14.8. The van der Waals surface area contributed by atoms with Gasteiger partial charge in [-0.25, -0.2) is 9.97 Å². The predicted molar refractivity (Wildman–Crippen MR) is 95.8 cm³/mol. The van der Waals surface area contributed by atoms with Gasteiger partial charge in [-0.1, -0.05) is 18.2 Å². The molecule has 0 spiro atoms. The molecule has 2 heterocycles. The van der Waals surface area contributed by atoms with Gasteiger partial charge in [-0.05, 0) is 31.0 Å². The van der Waals surface area contributed by atoms with Crippen molar-refractivity contribution in [2.24, 2.45) is 7.05 Å². The summed E-state index contributed by atoms with van der Waals surface area (Å²) in [6, 6.07) is 8.10. The second kappa shape index (κ2) is 6.07. The fraction of sp³-hybridized carbons (Fsp3) is 0.316. The lowest BCUT2D eigenvalue weighted by Gasteiger charge is -2.13. The molecule has 0 N–H and O–H groups in total. The topological polar surface area (TPSA) is 51.0 Å². The number of rotatable bonds is 3. The maximum atomic E-state index is 12.1. The number of aromatic nitrogens is 3. The molecular formula is C19H22N4O. The maximum Gasteiger partial charge on any atom is 0.226 e. The lowest BCUT2D eigenvalue weighted by Crippen LogP contribution is -2.23. The molecule has 0 unspecified atom stereocenters. The van der Waals surface area contributed by atoms with Crippen molar-refractivity contribution in [3.05, 3.63) is 47.4 Å². The van der Waals surface area contributed by atoms with E-state index < -0.39 is 0 Å². The predicted octanol–water partition coefficient (Wildman–Crippen LogP) is 2.88. The summed E-state index contributed by atoms with van der Waals surface area (Å²) in [7, 11) is 5.53. The number of amides is 1. The van der Waals surface area contributed by atoms with Crippen molar-refractivity contribution >= 4 is 16.8 Å². The molecule has 1 amide bonds. The van der Waals surface area contributed by atoms with Gasteiger partial charge in [0.15, 0.2) is 0 Å². The minimum atomic E-state index is 0.0729. The van der Waals surface area contributed by atoms with E-state index >= 15 is 0 Å². The Labute approximate surface area is 142 Å². The Morgan fingerprint density at radius 3 is 2.62 bits per heavy atom. The SMILES string of the molecule is Cc1cc(-c2cnc(C)n2C)nc2c(CC(=O)N(C)C)cccc12. The van der Waals surface area contributed by atoms with E-state index in [1.807, 2.05) is 36.9 Å². The zero-order chi connectivity index (χ0) is 17.4. The molecule has 5 heteroatoms. The van der Waals surface area contributed by atoms with Crippen LogP contribution in [-0.4, -0.2) is 39.4 Å². The largest absolute Gasteiger partial charge is 0.349 e. The van der Waals surface area contributed by atoms with Gasteiger partial charge in [0.25, 0.3) is 0 Å². The first kappa shape index (κ1) is 16.2. The summed E-state index contributed by atoms with van der Waals surface area (Å²) in [6.45, 7) is 4.05. The molecule has 3 rings (SSSR count). The smallest absolute Gasteiger partial charge is 0.226 e. The number of carbonyl (C=O) groups is 1. The third-order valence-electron chi connectivity index (χ3n) is 4.45. The molecule has 124 valence electrons. The maximum absolute atomic E-state index is 12.1.